The van der Waals surface area contributed by atoms with E-state index >= 15 is 0 Å². The van der Waals surface area contributed by atoms with Gasteiger partial charge in [-0.15, -0.1) is 0 Å². The van der Waals surface area contributed by atoms with Gasteiger partial charge in [0.05, 0.1) is 12.2 Å². The molecule has 1 unspecified atom stereocenters. The van der Waals surface area contributed by atoms with E-state index in [1.165, 1.54) is 10.5 Å². The second-order valence-electron chi connectivity index (χ2n) is 7.38. The average molecular weight is 352 g/mol. The fourth-order valence-corrected chi connectivity index (χ4v) is 4.57. The standard InChI is InChI=1S/C21H26N3O2/c1-3-8-14-9-7-12-16-18(14)22-13-17-19(16)24(15-10-5-6-11-15)21(26)23(4-2)20(17)25/h7,9,12-13,15,17H,3-6,8,10-11H2,1-2H3/q+1. The zero-order valence-electron chi connectivity index (χ0n) is 15.6. The monoisotopic (exact) mass is 352 g/mol. The van der Waals surface area contributed by atoms with Gasteiger partial charge in [-0.05, 0) is 50.7 Å². The Morgan fingerprint density at radius 1 is 1.19 bits per heavy atom. The largest absolute Gasteiger partial charge is 0.501 e. The van der Waals surface area contributed by atoms with Crippen LogP contribution >= 0.6 is 0 Å². The summed E-state index contributed by atoms with van der Waals surface area (Å²) in [6.45, 7) is 4.42. The Morgan fingerprint density at radius 3 is 2.65 bits per heavy atom. The van der Waals surface area contributed by atoms with E-state index in [1.807, 2.05) is 23.6 Å². The summed E-state index contributed by atoms with van der Waals surface area (Å²) in [5.41, 5.74) is 3.96. The van der Waals surface area contributed by atoms with Crippen LogP contribution in [0.1, 0.15) is 57.1 Å². The van der Waals surface area contributed by atoms with Crippen LogP contribution in [0.2, 0.25) is 0 Å². The lowest BCUT2D eigenvalue weighted by molar-refractivity contribution is -0.480. The van der Waals surface area contributed by atoms with Gasteiger partial charge in [0.2, 0.25) is 0 Å². The molecular formula is C21H26N3O2+. The summed E-state index contributed by atoms with van der Waals surface area (Å²) < 4.78 is 1.93. The molecule has 5 nitrogen and oxygen atoms in total. The minimum absolute atomic E-state index is 0.142. The van der Waals surface area contributed by atoms with Crippen LogP contribution in [0.15, 0.2) is 23.2 Å². The number of rotatable bonds is 4. The first kappa shape index (κ1) is 17.1. The van der Waals surface area contributed by atoms with Gasteiger partial charge in [0, 0.05) is 11.8 Å². The number of para-hydroxylation sites is 1. The zero-order chi connectivity index (χ0) is 18.3. The number of carbonyl (C=O) groups excluding carboxylic acids is 2. The summed E-state index contributed by atoms with van der Waals surface area (Å²) in [5.74, 6) is -0.588. The molecule has 1 aliphatic carbocycles. The van der Waals surface area contributed by atoms with Gasteiger partial charge in [-0.3, -0.25) is 4.99 Å². The number of hydrogen-bond donors (Lipinski definition) is 0. The van der Waals surface area contributed by atoms with Crippen LogP contribution in [0, 0.1) is 5.92 Å². The zero-order valence-corrected chi connectivity index (χ0v) is 15.6. The molecule has 1 aromatic carbocycles. The molecule has 4 rings (SSSR count). The highest BCUT2D eigenvalue weighted by atomic mass is 16.2. The van der Waals surface area contributed by atoms with E-state index in [1.54, 1.807) is 6.21 Å². The Labute approximate surface area is 154 Å². The van der Waals surface area contributed by atoms with Gasteiger partial charge in [0.15, 0.2) is 5.92 Å². The van der Waals surface area contributed by atoms with Gasteiger partial charge in [0.25, 0.3) is 0 Å². The molecule has 1 atom stereocenters. The molecule has 2 aliphatic heterocycles. The molecule has 0 spiro atoms. The Kier molecular flexibility index (Phi) is 4.47. The van der Waals surface area contributed by atoms with Crippen molar-refractivity contribution in [2.45, 2.75) is 58.4 Å². The number of nitrogens with zero attached hydrogens (tertiary/aromatic N) is 3. The van der Waals surface area contributed by atoms with Crippen LogP contribution in [0.3, 0.4) is 0 Å². The number of amides is 3. The maximum absolute atomic E-state index is 13.2. The van der Waals surface area contributed by atoms with Crippen molar-refractivity contribution in [3.63, 3.8) is 0 Å². The first-order valence-electron chi connectivity index (χ1n) is 9.85. The number of imide groups is 1. The second-order valence-corrected chi connectivity index (χ2v) is 7.38. The topological polar surface area (TPSA) is 52.8 Å². The third kappa shape index (κ3) is 2.52. The minimum Gasteiger partial charge on any atom is -0.259 e. The third-order valence-electron chi connectivity index (χ3n) is 5.80. The van der Waals surface area contributed by atoms with E-state index < -0.39 is 5.92 Å². The first-order valence-corrected chi connectivity index (χ1v) is 9.85. The van der Waals surface area contributed by atoms with Crippen molar-refractivity contribution in [2.24, 2.45) is 10.9 Å². The van der Waals surface area contributed by atoms with Crippen molar-refractivity contribution in [3.8, 4) is 0 Å². The molecule has 0 saturated heterocycles. The Balaban J connectivity index is 1.95. The van der Waals surface area contributed by atoms with E-state index in [0.717, 1.165) is 55.5 Å². The summed E-state index contributed by atoms with van der Waals surface area (Å²) in [4.78, 5) is 32.2. The predicted molar refractivity (Wildman–Crippen MR) is 101 cm³/mol. The molecule has 1 saturated carbocycles. The SMILES string of the molecule is CCCc1cccc2c1N=CC1C(=O)N(CC)C(=O)[N+](C3CCCC3)=C21. The van der Waals surface area contributed by atoms with Crippen molar-refractivity contribution in [2.75, 3.05) is 6.54 Å². The van der Waals surface area contributed by atoms with Crippen molar-refractivity contribution in [1.29, 1.82) is 0 Å². The molecule has 3 amide bonds. The molecule has 2 heterocycles. The molecule has 5 heteroatoms. The van der Waals surface area contributed by atoms with Gasteiger partial charge in [0.1, 0.15) is 11.8 Å². The van der Waals surface area contributed by atoms with Gasteiger partial charge < -0.3 is 0 Å². The minimum atomic E-state index is -0.447. The van der Waals surface area contributed by atoms with Crippen LogP contribution in [0.5, 0.6) is 0 Å². The molecule has 136 valence electrons. The number of aliphatic imine (C=N–C) groups is 1. The van der Waals surface area contributed by atoms with Gasteiger partial charge in [-0.2, -0.15) is 14.3 Å². The molecule has 1 fully saturated rings. The Morgan fingerprint density at radius 2 is 1.96 bits per heavy atom. The molecule has 0 aromatic heterocycles. The summed E-state index contributed by atoms with van der Waals surface area (Å²) in [6, 6.07) is 6.19. The molecule has 26 heavy (non-hydrogen) atoms. The van der Waals surface area contributed by atoms with E-state index in [2.05, 4.69) is 18.0 Å². The predicted octanol–water partition coefficient (Wildman–Crippen LogP) is 3.70. The van der Waals surface area contributed by atoms with Crippen LogP contribution in [-0.4, -0.2) is 45.9 Å². The smallest absolute Gasteiger partial charge is 0.259 e. The lowest BCUT2D eigenvalue weighted by Crippen LogP contribution is -2.57. The normalized spacial score (nSPS) is 22.8. The average Bonchev–Trinajstić information content (AvgIpc) is 3.17. The van der Waals surface area contributed by atoms with E-state index in [9.17, 15) is 9.59 Å². The van der Waals surface area contributed by atoms with Crippen LogP contribution in [0.4, 0.5) is 10.5 Å². The van der Waals surface area contributed by atoms with Crippen LogP contribution < -0.4 is 0 Å². The fourth-order valence-electron chi connectivity index (χ4n) is 4.57. The molecule has 3 aliphatic rings. The van der Waals surface area contributed by atoms with Crippen molar-refractivity contribution >= 4 is 29.6 Å². The summed E-state index contributed by atoms with van der Waals surface area (Å²) in [6.07, 6.45) is 8.05. The van der Waals surface area contributed by atoms with Crippen molar-refractivity contribution < 1.29 is 14.2 Å². The number of carbonyl (C=O) groups is 2. The van der Waals surface area contributed by atoms with Gasteiger partial charge in [-0.25, -0.2) is 4.79 Å². The molecule has 0 N–H and O–H groups in total. The highest BCUT2D eigenvalue weighted by Gasteiger charge is 2.51. The molecule has 0 radical (unpaired) electrons. The summed E-state index contributed by atoms with van der Waals surface area (Å²) in [7, 11) is 0. The maximum Gasteiger partial charge on any atom is 0.501 e. The Bertz CT molecular complexity index is 819. The molecular weight excluding hydrogens is 326 g/mol. The van der Waals surface area contributed by atoms with Crippen molar-refractivity contribution in [1.82, 2.24) is 4.90 Å². The number of fused-ring (bicyclic) bond motifs is 3. The number of urea groups is 1. The van der Waals surface area contributed by atoms with Gasteiger partial charge >= 0.3 is 11.9 Å². The number of hydrogen-bond acceptors (Lipinski definition) is 3. The maximum atomic E-state index is 13.2. The van der Waals surface area contributed by atoms with E-state index in [4.69, 9.17) is 0 Å². The second kappa shape index (κ2) is 6.78. The van der Waals surface area contributed by atoms with Gasteiger partial charge in [-0.1, -0.05) is 25.5 Å². The number of aryl methyl sites for hydroxylation is 1. The highest BCUT2D eigenvalue weighted by molar-refractivity contribution is 6.27. The van der Waals surface area contributed by atoms with Crippen molar-refractivity contribution in [3.05, 3.63) is 29.3 Å². The third-order valence-corrected chi connectivity index (χ3v) is 5.80. The van der Waals surface area contributed by atoms with Crippen LogP contribution in [0.25, 0.3) is 0 Å². The quantitative estimate of drug-likeness (QED) is 0.776. The molecule has 1 aromatic rings. The number of benzene rings is 1. The Hall–Kier alpha value is -2.30. The lowest BCUT2D eigenvalue weighted by atomic mass is 9.87. The van der Waals surface area contributed by atoms with E-state index in [0.29, 0.717) is 6.54 Å². The summed E-state index contributed by atoms with van der Waals surface area (Å²) >= 11 is 0. The summed E-state index contributed by atoms with van der Waals surface area (Å²) in [5, 5.41) is 0. The first-order chi connectivity index (χ1) is 12.7. The lowest BCUT2D eigenvalue weighted by Gasteiger charge is -2.31. The van der Waals surface area contributed by atoms with E-state index in [-0.39, 0.29) is 18.0 Å². The molecule has 0 bridgehead atoms. The highest BCUT2D eigenvalue weighted by Crippen LogP contribution is 2.35. The fraction of sp³-hybridized carbons (Fsp3) is 0.524. The van der Waals surface area contributed by atoms with Crippen LogP contribution in [-0.2, 0) is 11.2 Å².